The van der Waals surface area contributed by atoms with Crippen LogP contribution in [-0.2, 0) is 13.6 Å². The summed E-state index contributed by atoms with van der Waals surface area (Å²) < 4.78 is 3.92. The van der Waals surface area contributed by atoms with Crippen molar-refractivity contribution in [2.45, 2.75) is 39.3 Å². The van der Waals surface area contributed by atoms with Crippen LogP contribution in [0, 0.1) is 0 Å². The van der Waals surface area contributed by atoms with Gasteiger partial charge in [0.15, 0.2) is 5.82 Å². The fourth-order valence-corrected chi connectivity index (χ4v) is 3.26. The second-order valence-electron chi connectivity index (χ2n) is 6.19. The minimum absolute atomic E-state index is 0.0263. The van der Waals surface area contributed by atoms with Crippen LogP contribution < -0.4 is 0 Å². The van der Waals surface area contributed by atoms with Crippen LogP contribution in [0.15, 0.2) is 12.3 Å². The van der Waals surface area contributed by atoms with Crippen molar-refractivity contribution in [1.82, 2.24) is 24.2 Å². The van der Waals surface area contributed by atoms with Gasteiger partial charge in [-0.15, -0.1) is 10.2 Å². The molecule has 0 radical (unpaired) electrons. The van der Waals surface area contributed by atoms with Crippen molar-refractivity contribution in [1.29, 1.82) is 0 Å². The molecule has 6 nitrogen and oxygen atoms in total. The molecule has 0 aliphatic carbocycles. The zero-order chi connectivity index (χ0) is 16.0. The van der Waals surface area contributed by atoms with E-state index >= 15 is 0 Å². The van der Waals surface area contributed by atoms with Crippen molar-refractivity contribution in [3.63, 3.8) is 0 Å². The largest absolute Gasteiger partial charge is 0.345 e. The number of carbonyl (C=O) groups excluding carboxylic acids is 1. The maximum atomic E-state index is 12.7. The third kappa shape index (κ3) is 2.41. The molecule has 0 saturated carbocycles. The normalized spacial score (nSPS) is 17.9. The van der Waals surface area contributed by atoms with E-state index in [1.807, 2.05) is 11.9 Å². The highest BCUT2D eigenvalue weighted by Gasteiger charge is 2.31. The van der Waals surface area contributed by atoms with Crippen molar-refractivity contribution in [3.05, 3.63) is 34.6 Å². The molecule has 3 heterocycles. The Hall–Kier alpha value is -1.82. The molecule has 3 rings (SSSR count). The predicted molar refractivity (Wildman–Crippen MR) is 84.0 cm³/mol. The summed E-state index contributed by atoms with van der Waals surface area (Å²) in [6.45, 7) is 7.43. The first-order valence-corrected chi connectivity index (χ1v) is 7.81. The van der Waals surface area contributed by atoms with Gasteiger partial charge in [0.25, 0.3) is 5.91 Å². The van der Waals surface area contributed by atoms with Gasteiger partial charge in [0.05, 0.1) is 17.6 Å². The first-order valence-electron chi connectivity index (χ1n) is 7.43. The molecule has 0 fully saturated rings. The zero-order valence-electron chi connectivity index (χ0n) is 13.2. The minimum atomic E-state index is -0.0263. The van der Waals surface area contributed by atoms with E-state index in [-0.39, 0.29) is 11.9 Å². The van der Waals surface area contributed by atoms with Gasteiger partial charge in [-0.1, -0.05) is 25.4 Å². The Labute approximate surface area is 134 Å². The lowest BCUT2D eigenvalue weighted by Crippen LogP contribution is -2.41. The van der Waals surface area contributed by atoms with Crippen molar-refractivity contribution in [3.8, 4) is 0 Å². The van der Waals surface area contributed by atoms with Crippen LogP contribution in [0.4, 0.5) is 0 Å². The van der Waals surface area contributed by atoms with Crippen LogP contribution in [0.2, 0.25) is 5.02 Å². The highest BCUT2D eigenvalue weighted by Crippen LogP contribution is 2.26. The number of amides is 1. The molecule has 0 spiro atoms. The fourth-order valence-electron chi connectivity index (χ4n) is 3.01. The van der Waals surface area contributed by atoms with Crippen LogP contribution in [-0.4, -0.2) is 36.7 Å². The number of hydrogen-bond donors (Lipinski definition) is 0. The van der Waals surface area contributed by atoms with Gasteiger partial charge in [-0.2, -0.15) is 0 Å². The van der Waals surface area contributed by atoms with Gasteiger partial charge in [0.1, 0.15) is 11.5 Å². The molecule has 7 heteroatoms. The molecule has 1 aliphatic heterocycles. The molecule has 1 aliphatic rings. The van der Waals surface area contributed by atoms with Crippen LogP contribution in [0.5, 0.6) is 0 Å². The molecule has 0 unspecified atom stereocenters. The SMILES string of the molecule is CC(C)c1nnc2n1[C@@H](C)CN(C(=O)c1cc(Cl)cn1C)C2. The predicted octanol–water partition coefficient (Wildman–Crippen LogP) is 2.61. The molecule has 0 saturated heterocycles. The summed E-state index contributed by atoms with van der Waals surface area (Å²) in [6.07, 6.45) is 1.74. The smallest absolute Gasteiger partial charge is 0.271 e. The average molecular weight is 322 g/mol. The molecule has 0 bridgehead atoms. The molecular formula is C15H20ClN5O. The number of carbonyl (C=O) groups is 1. The van der Waals surface area contributed by atoms with E-state index in [4.69, 9.17) is 11.6 Å². The summed E-state index contributed by atoms with van der Waals surface area (Å²) in [7, 11) is 1.83. The molecule has 0 aromatic carbocycles. The first kappa shape index (κ1) is 15.1. The number of aromatic nitrogens is 4. The van der Waals surface area contributed by atoms with E-state index in [9.17, 15) is 4.79 Å². The number of hydrogen-bond acceptors (Lipinski definition) is 3. The standard InChI is InChI=1S/C15H20ClN5O/c1-9(2)14-18-17-13-8-20(6-10(3)21(13)14)15(22)12-5-11(16)7-19(12)4/h5,7,9-10H,6,8H2,1-4H3/t10-/m0/s1. The second-order valence-corrected chi connectivity index (χ2v) is 6.62. The molecular weight excluding hydrogens is 302 g/mol. The van der Waals surface area contributed by atoms with Gasteiger partial charge in [-0.05, 0) is 13.0 Å². The number of fused-ring (bicyclic) bond motifs is 1. The summed E-state index contributed by atoms with van der Waals surface area (Å²) in [5, 5.41) is 9.12. The number of rotatable bonds is 2. The summed E-state index contributed by atoms with van der Waals surface area (Å²) in [5.41, 5.74) is 0.592. The number of halogens is 1. The van der Waals surface area contributed by atoms with Crippen molar-refractivity contribution in [2.75, 3.05) is 6.54 Å². The van der Waals surface area contributed by atoms with Crippen LogP contribution in [0.1, 0.15) is 54.9 Å². The number of aryl methyl sites for hydroxylation is 1. The Balaban J connectivity index is 1.89. The average Bonchev–Trinajstić information content (AvgIpc) is 3.01. The van der Waals surface area contributed by atoms with Gasteiger partial charge >= 0.3 is 0 Å². The molecule has 0 N–H and O–H groups in total. The van der Waals surface area contributed by atoms with Gasteiger partial charge < -0.3 is 14.0 Å². The summed E-state index contributed by atoms with van der Waals surface area (Å²) >= 11 is 5.98. The second kappa shape index (κ2) is 5.43. The van der Waals surface area contributed by atoms with E-state index in [0.717, 1.165) is 11.6 Å². The molecule has 1 amide bonds. The highest BCUT2D eigenvalue weighted by molar-refractivity contribution is 6.31. The van der Waals surface area contributed by atoms with E-state index in [2.05, 4.69) is 35.5 Å². The lowest BCUT2D eigenvalue weighted by molar-refractivity contribution is 0.0669. The molecule has 22 heavy (non-hydrogen) atoms. The van der Waals surface area contributed by atoms with Gasteiger partial charge in [0.2, 0.25) is 0 Å². The summed E-state index contributed by atoms with van der Waals surface area (Å²) in [6, 6.07) is 1.86. The Morgan fingerprint density at radius 2 is 2.14 bits per heavy atom. The first-order chi connectivity index (χ1) is 10.4. The van der Waals surface area contributed by atoms with E-state index < -0.39 is 0 Å². The molecule has 118 valence electrons. The maximum Gasteiger partial charge on any atom is 0.271 e. The van der Waals surface area contributed by atoms with Gasteiger partial charge in [-0.3, -0.25) is 4.79 Å². The quantitative estimate of drug-likeness (QED) is 0.854. The van der Waals surface area contributed by atoms with Crippen LogP contribution >= 0.6 is 11.6 Å². The zero-order valence-corrected chi connectivity index (χ0v) is 14.0. The molecule has 2 aromatic rings. The van der Waals surface area contributed by atoms with Crippen molar-refractivity contribution in [2.24, 2.45) is 7.05 Å². The fraction of sp³-hybridized carbons (Fsp3) is 0.533. The third-order valence-electron chi connectivity index (χ3n) is 4.04. The van der Waals surface area contributed by atoms with Gasteiger partial charge in [0, 0.05) is 25.7 Å². The summed E-state index contributed by atoms with van der Waals surface area (Å²) in [4.78, 5) is 14.5. The lowest BCUT2D eigenvalue weighted by Gasteiger charge is -2.33. The lowest BCUT2D eigenvalue weighted by atomic mass is 10.1. The summed E-state index contributed by atoms with van der Waals surface area (Å²) in [5.74, 6) is 2.12. The van der Waals surface area contributed by atoms with E-state index in [1.54, 1.807) is 16.8 Å². The Morgan fingerprint density at radius 3 is 2.73 bits per heavy atom. The maximum absolute atomic E-state index is 12.7. The monoisotopic (exact) mass is 321 g/mol. The third-order valence-corrected chi connectivity index (χ3v) is 4.25. The van der Waals surface area contributed by atoms with E-state index in [0.29, 0.717) is 29.7 Å². The molecule has 2 aromatic heterocycles. The Bertz CT molecular complexity index is 718. The van der Waals surface area contributed by atoms with Crippen molar-refractivity contribution < 1.29 is 4.79 Å². The van der Waals surface area contributed by atoms with Gasteiger partial charge in [-0.25, -0.2) is 0 Å². The van der Waals surface area contributed by atoms with Crippen molar-refractivity contribution >= 4 is 17.5 Å². The highest BCUT2D eigenvalue weighted by atomic mass is 35.5. The topological polar surface area (TPSA) is 56.0 Å². The van der Waals surface area contributed by atoms with Crippen LogP contribution in [0.3, 0.4) is 0 Å². The van der Waals surface area contributed by atoms with Crippen LogP contribution in [0.25, 0.3) is 0 Å². The minimum Gasteiger partial charge on any atom is -0.345 e. The molecule has 1 atom stereocenters. The van der Waals surface area contributed by atoms with E-state index in [1.165, 1.54) is 0 Å². The Morgan fingerprint density at radius 1 is 1.41 bits per heavy atom. The Kier molecular flexibility index (Phi) is 3.72. The number of nitrogens with zero attached hydrogens (tertiary/aromatic N) is 5.